The third-order valence-corrected chi connectivity index (χ3v) is 7.47. The second kappa shape index (κ2) is 6.95. The van der Waals surface area contributed by atoms with Gasteiger partial charge in [0.15, 0.2) is 0 Å². The predicted octanol–water partition coefficient (Wildman–Crippen LogP) is 3.26. The number of aryl methyl sites for hydroxylation is 1. The summed E-state index contributed by atoms with van der Waals surface area (Å²) in [5, 5.41) is 0. The highest BCUT2D eigenvalue weighted by Gasteiger charge is 2.22. The van der Waals surface area contributed by atoms with Crippen LogP contribution in [-0.4, -0.2) is 14.3 Å². The minimum atomic E-state index is -3.83. The molecule has 1 aliphatic rings. The molecule has 1 amide bonds. The molecular weight excluding hydrogens is 412 g/mol. The molecule has 0 bridgehead atoms. The smallest absolute Gasteiger partial charge is 0.273 e. The number of carbonyl (C=O) groups is 1. The molecule has 1 aromatic carbocycles. The summed E-state index contributed by atoms with van der Waals surface area (Å²) in [6.45, 7) is 2.20. The molecule has 0 saturated heterocycles. The van der Waals surface area contributed by atoms with Gasteiger partial charge < -0.3 is 0 Å². The highest BCUT2D eigenvalue weighted by Crippen LogP contribution is 2.32. The first-order valence-electron chi connectivity index (χ1n) is 7.55. The number of hydrogen-bond acceptors (Lipinski definition) is 4. The van der Waals surface area contributed by atoms with E-state index in [1.807, 2.05) is 6.07 Å². The molecule has 2 aromatic rings. The van der Waals surface area contributed by atoms with Crippen molar-refractivity contribution in [3.63, 3.8) is 0 Å². The summed E-state index contributed by atoms with van der Waals surface area (Å²) >= 11 is 4.64. The van der Waals surface area contributed by atoms with E-state index in [-0.39, 0.29) is 4.90 Å². The lowest BCUT2D eigenvalue weighted by Gasteiger charge is -2.16. The molecule has 1 atom stereocenters. The largest absolute Gasteiger partial charge is 0.276 e. The SMILES string of the molecule is CC1CCc2sc(C(=O)NNS(=O)(=O)c3ccccc3Br)cc2C1. The number of nitrogens with one attached hydrogen (secondary N) is 2. The average molecular weight is 429 g/mol. The Labute approximate surface area is 153 Å². The number of hydrazine groups is 1. The summed E-state index contributed by atoms with van der Waals surface area (Å²) < 4.78 is 25.0. The van der Waals surface area contributed by atoms with Crippen LogP contribution in [0.5, 0.6) is 0 Å². The number of carbonyl (C=O) groups excluding carboxylic acids is 1. The molecule has 0 saturated carbocycles. The van der Waals surface area contributed by atoms with Crippen molar-refractivity contribution in [3.8, 4) is 0 Å². The zero-order valence-corrected chi connectivity index (χ0v) is 16.2. The topological polar surface area (TPSA) is 75.3 Å². The van der Waals surface area contributed by atoms with Crippen LogP contribution in [0.1, 0.15) is 33.5 Å². The number of benzene rings is 1. The average Bonchev–Trinajstić information content (AvgIpc) is 2.96. The van der Waals surface area contributed by atoms with Gasteiger partial charge in [0.25, 0.3) is 15.9 Å². The molecule has 0 spiro atoms. The summed E-state index contributed by atoms with van der Waals surface area (Å²) in [7, 11) is -3.83. The van der Waals surface area contributed by atoms with E-state index in [4.69, 9.17) is 0 Å². The van der Waals surface area contributed by atoms with Crippen molar-refractivity contribution < 1.29 is 13.2 Å². The van der Waals surface area contributed by atoms with E-state index in [0.717, 1.165) is 19.3 Å². The molecule has 0 aliphatic heterocycles. The van der Waals surface area contributed by atoms with Gasteiger partial charge in [0.1, 0.15) is 0 Å². The van der Waals surface area contributed by atoms with Crippen LogP contribution < -0.4 is 10.3 Å². The van der Waals surface area contributed by atoms with Crippen molar-refractivity contribution in [1.29, 1.82) is 0 Å². The number of sulfonamides is 1. The molecule has 8 heteroatoms. The lowest BCUT2D eigenvalue weighted by molar-refractivity contribution is 0.0949. The van der Waals surface area contributed by atoms with Gasteiger partial charge in [0.05, 0.1) is 9.77 Å². The van der Waals surface area contributed by atoms with E-state index in [0.29, 0.717) is 15.3 Å². The zero-order chi connectivity index (χ0) is 17.3. The van der Waals surface area contributed by atoms with Gasteiger partial charge in [-0.3, -0.25) is 10.2 Å². The van der Waals surface area contributed by atoms with Gasteiger partial charge in [-0.15, -0.1) is 16.2 Å². The van der Waals surface area contributed by atoms with E-state index in [2.05, 4.69) is 33.1 Å². The molecule has 3 rings (SSSR count). The van der Waals surface area contributed by atoms with Crippen LogP contribution in [0.25, 0.3) is 0 Å². The van der Waals surface area contributed by atoms with Crippen molar-refractivity contribution in [2.24, 2.45) is 5.92 Å². The summed E-state index contributed by atoms with van der Waals surface area (Å²) in [5.41, 5.74) is 3.50. The molecule has 1 aromatic heterocycles. The molecule has 0 fully saturated rings. The van der Waals surface area contributed by atoms with Gasteiger partial charge in [-0.1, -0.05) is 19.1 Å². The van der Waals surface area contributed by atoms with E-state index in [9.17, 15) is 13.2 Å². The van der Waals surface area contributed by atoms with Gasteiger partial charge in [0.2, 0.25) is 0 Å². The number of halogens is 1. The summed E-state index contributed by atoms with van der Waals surface area (Å²) in [6, 6.07) is 8.31. The fourth-order valence-electron chi connectivity index (χ4n) is 2.71. The highest BCUT2D eigenvalue weighted by atomic mass is 79.9. The van der Waals surface area contributed by atoms with Crippen LogP contribution in [-0.2, 0) is 22.9 Å². The van der Waals surface area contributed by atoms with Crippen LogP contribution in [0.3, 0.4) is 0 Å². The van der Waals surface area contributed by atoms with Crippen molar-refractivity contribution in [1.82, 2.24) is 10.3 Å². The van der Waals surface area contributed by atoms with Crippen LogP contribution in [0.2, 0.25) is 0 Å². The quantitative estimate of drug-likeness (QED) is 0.733. The monoisotopic (exact) mass is 428 g/mol. The molecule has 0 radical (unpaired) electrons. The van der Waals surface area contributed by atoms with Crippen molar-refractivity contribution in [2.45, 2.75) is 31.1 Å². The Morgan fingerprint density at radius 3 is 2.83 bits per heavy atom. The van der Waals surface area contributed by atoms with Crippen LogP contribution >= 0.6 is 27.3 Å². The molecular formula is C16H17BrN2O3S2. The lowest BCUT2D eigenvalue weighted by atomic mass is 9.90. The summed E-state index contributed by atoms with van der Waals surface area (Å²) in [4.78, 5) is 16.3. The summed E-state index contributed by atoms with van der Waals surface area (Å²) in [5.74, 6) is 0.189. The maximum Gasteiger partial charge on any atom is 0.276 e. The third-order valence-electron chi connectivity index (χ3n) is 3.98. The predicted molar refractivity (Wildman–Crippen MR) is 97.4 cm³/mol. The maximum absolute atomic E-state index is 12.3. The van der Waals surface area contributed by atoms with Crippen LogP contribution in [0.4, 0.5) is 0 Å². The number of amides is 1. The first-order chi connectivity index (χ1) is 11.4. The van der Waals surface area contributed by atoms with Crippen molar-refractivity contribution in [2.75, 3.05) is 0 Å². The Hall–Kier alpha value is -1.22. The lowest BCUT2D eigenvalue weighted by Crippen LogP contribution is -2.41. The van der Waals surface area contributed by atoms with E-state index in [1.54, 1.807) is 18.2 Å². The molecule has 1 unspecified atom stereocenters. The highest BCUT2D eigenvalue weighted by molar-refractivity contribution is 9.10. The number of hydrogen-bond donors (Lipinski definition) is 2. The van der Waals surface area contributed by atoms with Crippen molar-refractivity contribution >= 4 is 43.2 Å². The minimum absolute atomic E-state index is 0.0737. The van der Waals surface area contributed by atoms with E-state index < -0.39 is 15.9 Å². The fraction of sp³-hybridized carbons (Fsp3) is 0.312. The number of rotatable bonds is 4. The first kappa shape index (κ1) is 17.6. The molecule has 1 aliphatic carbocycles. The Morgan fingerprint density at radius 2 is 2.08 bits per heavy atom. The Balaban J connectivity index is 1.71. The molecule has 5 nitrogen and oxygen atoms in total. The van der Waals surface area contributed by atoms with Gasteiger partial charge in [-0.25, -0.2) is 8.42 Å². The Kier molecular flexibility index (Phi) is 5.10. The minimum Gasteiger partial charge on any atom is -0.273 e. The van der Waals surface area contributed by atoms with Gasteiger partial charge in [-0.05, 0) is 64.9 Å². The summed E-state index contributed by atoms with van der Waals surface area (Å²) in [6.07, 6.45) is 3.09. The van der Waals surface area contributed by atoms with Crippen LogP contribution in [0, 0.1) is 5.92 Å². The fourth-order valence-corrected chi connectivity index (χ4v) is 5.66. The van der Waals surface area contributed by atoms with Crippen LogP contribution in [0.15, 0.2) is 39.7 Å². The van der Waals surface area contributed by atoms with E-state index >= 15 is 0 Å². The number of thiophene rings is 1. The Morgan fingerprint density at radius 1 is 1.33 bits per heavy atom. The normalized spacial score (nSPS) is 17.3. The van der Waals surface area contributed by atoms with Crippen molar-refractivity contribution in [3.05, 3.63) is 50.1 Å². The van der Waals surface area contributed by atoms with E-state index in [1.165, 1.54) is 27.8 Å². The van der Waals surface area contributed by atoms with Gasteiger partial charge >= 0.3 is 0 Å². The first-order valence-corrected chi connectivity index (χ1v) is 10.6. The maximum atomic E-state index is 12.3. The zero-order valence-electron chi connectivity index (χ0n) is 13.0. The molecule has 2 N–H and O–H groups in total. The molecule has 1 heterocycles. The molecule has 24 heavy (non-hydrogen) atoms. The second-order valence-corrected chi connectivity index (χ2v) is 9.54. The van der Waals surface area contributed by atoms with Gasteiger partial charge in [-0.2, -0.15) is 0 Å². The molecule has 128 valence electrons. The number of fused-ring (bicyclic) bond motifs is 1. The second-order valence-electron chi connectivity index (χ2n) is 5.90. The third kappa shape index (κ3) is 3.72. The Bertz CT molecular complexity index is 877. The van der Waals surface area contributed by atoms with Gasteiger partial charge in [0, 0.05) is 9.35 Å². The standard InChI is InChI=1S/C16H17BrN2O3S2/c1-10-6-7-13-11(8-10)9-14(23-13)16(20)18-19-24(21,22)15-5-3-2-4-12(15)17/h2-5,9-10,19H,6-8H2,1H3,(H,18,20).